The molecule has 1 N–H and O–H groups in total. The molecule has 9 heteroatoms. The molecule has 5 rings (SSSR count). The van der Waals surface area contributed by atoms with Crippen LogP contribution >= 0.6 is 22.6 Å². The third kappa shape index (κ3) is 8.32. The monoisotopic (exact) mass is 735 g/mol. The summed E-state index contributed by atoms with van der Waals surface area (Å²) in [5.74, 6) is -0.682. The Morgan fingerprint density at radius 2 is 1.44 bits per heavy atom. The number of nitrogens with one attached hydrogen (secondary N) is 1. The smallest absolute Gasteiger partial charge is 0.264 e. The molecular weight excluding hydrogens is 697 g/mol. The highest BCUT2D eigenvalue weighted by atomic mass is 127. The molecule has 0 spiro atoms. The van der Waals surface area contributed by atoms with Crippen molar-refractivity contribution in [1.29, 1.82) is 0 Å². The Bertz CT molecular complexity index is 1690. The molecule has 1 fully saturated rings. The summed E-state index contributed by atoms with van der Waals surface area (Å²) in [5.41, 5.74) is 3.16. The molecule has 0 unspecified atom stereocenters. The Kier molecular flexibility index (Phi) is 10.9. The van der Waals surface area contributed by atoms with E-state index in [-0.39, 0.29) is 23.4 Å². The fourth-order valence-corrected chi connectivity index (χ4v) is 7.54. The van der Waals surface area contributed by atoms with Gasteiger partial charge in [-0.05, 0) is 95.4 Å². The van der Waals surface area contributed by atoms with Crippen molar-refractivity contribution < 1.29 is 18.0 Å². The van der Waals surface area contributed by atoms with Crippen LogP contribution in [0.25, 0.3) is 0 Å². The van der Waals surface area contributed by atoms with E-state index in [0.29, 0.717) is 12.1 Å². The van der Waals surface area contributed by atoms with Gasteiger partial charge in [-0.3, -0.25) is 13.9 Å². The molecule has 1 saturated carbocycles. The van der Waals surface area contributed by atoms with E-state index in [1.165, 1.54) is 12.1 Å². The van der Waals surface area contributed by atoms with Crippen molar-refractivity contribution in [3.05, 3.63) is 129 Å². The number of aryl methyl sites for hydroxylation is 1. The highest BCUT2D eigenvalue weighted by Crippen LogP contribution is 2.26. The predicted octanol–water partition coefficient (Wildman–Crippen LogP) is 6.49. The van der Waals surface area contributed by atoms with Crippen molar-refractivity contribution in [3.63, 3.8) is 0 Å². The minimum Gasteiger partial charge on any atom is -0.352 e. The first-order valence-corrected chi connectivity index (χ1v) is 17.8. The van der Waals surface area contributed by atoms with Gasteiger partial charge in [0, 0.05) is 22.6 Å². The summed E-state index contributed by atoms with van der Waals surface area (Å²) in [6.45, 7) is 1.67. The van der Waals surface area contributed by atoms with Gasteiger partial charge in [-0.1, -0.05) is 85.6 Å². The first-order chi connectivity index (χ1) is 21.7. The number of rotatable bonds is 12. The third-order valence-corrected chi connectivity index (χ3v) is 10.8. The second-order valence-corrected chi connectivity index (χ2v) is 14.6. The summed E-state index contributed by atoms with van der Waals surface area (Å²) in [5, 5.41) is 3.22. The Morgan fingerprint density at radius 1 is 0.844 bits per heavy atom. The van der Waals surface area contributed by atoms with Crippen LogP contribution in [-0.2, 0) is 32.6 Å². The van der Waals surface area contributed by atoms with Gasteiger partial charge < -0.3 is 10.2 Å². The molecule has 4 aromatic rings. The van der Waals surface area contributed by atoms with Crippen molar-refractivity contribution >= 4 is 50.1 Å². The molecule has 45 heavy (non-hydrogen) atoms. The number of anilines is 1. The fraction of sp³-hybridized carbons (Fsp3) is 0.278. The van der Waals surface area contributed by atoms with Crippen molar-refractivity contribution in [2.75, 3.05) is 10.8 Å². The molecule has 1 aliphatic carbocycles. The summed E-state index contributed by atoms with van der Waals surface area (Å²) in [4.78, 5) is 30.4. The molecule has 0 heterocycles. The lowest BCUT2D eigenvalue weighted by Gasteiger charge is -2.34. The molecule has 0 aromatic heterocycles. The summed E-state index contributed by atoms with van der Waals surface area (Å²) in [6.07, 6.45) is 4.23. The van der Waals surface area contributed by atoms with Crippen LogP contribution in [-0.4, -0.2) is 43.8 Å². The van der Waals surface area contributed by atoms with Crippen molar-refractivity contribution in [3.8, 4) is 0 Å². The number of carbonyl (C=O) groups is 2. The second kappa shape index (κ2) is 15.1. The van der Waals surface area contributed by atoms with Crippen LogP contribution in [0.4, 0.5) is 5.69 Å². The van der Waals surface area contributed by atoms with E-state index in [1.807, 2.05) is 73.7 Å². The van der Waals surface area contributed by atoms with Crippen LogP contribution in [0.1, 0.15) is 42.4 Å². The lowest BCUT2D eigenvalue weighted by atomic mass is 10.0. The Balaban J connectivity index is 1.56. The minimum absolute atomic E-state index is 0.0629. The molecule has 234 valence electrons. The largest absolute Gasteiger partial charge is 0.352 e. The Labute approximate surface area is 279 Å². The Hall–Kier alpha value is -3.70. The standard InChI is InChI=1S/C36H38IN3O4S/c1-27-12-8-9-15-29(27)25-39(34(24-28-13-4-2-5-14-28)36(42)38-31-16-10-11-17-31)35(41)26-40(32-22-20-30(37)21-23-32)45(43,44)33-18-6-3-7-19-33/h2-9,12-15,18-23,31,34H,10-11,16-17,24-26H2,1H3,(H,38,42)/t34-/m1/s1. The Morgan fingerprint density at radius 3 is 2.09 bits per heavy atom. The number of hydrogen-bond acceptors (Lipinski definition) is 4. The van der Waals surface area contributed by atoms with E-state index in [9.17, 15) is 18.0 Å². The fourth-order valence-electron chi connectivity index (χ4n) is 5.75. The first-order valence-electron chi connectivity index (χ1n) is 15.2. The van der Waals surface area contributed by atoms with Gasteiger partial charge in [0.15, 0.2) is 0 Å². The van der Waals surface area contributed by atoms with E-state index in [2.05, 4.69) is 27.9 Å². The van der Waals surface area contributed by atoms with Crippen molar-refractivity contribution in [1.82, 2.24) is 10.2 Å². The van der Waals surface area contributed by atoms with Crippen LogP contribution in [0.2, 0.25) is 0 Å². The maximum Gasteiger partial charge on any atom is 0.264 e. The number of amides is 2. The van der Waals surface area contributed by atoms with Gasteiger partial charge in [0.2, 0.25) is 11.8 Å². The van der Waals surface area contributed by atoms with E-state index in [0.717, 1.165) is 50.2 Å². The number of sulfonamides is 1. The van der Waals surface area contributed by atoms with E-state index < -0.39 is 28.5 Å². The molecule has 0 saturated heterocycles. The quantitative estimate of drug-likeness (QED) is 0.169. The lowest BCUT2D eigenvalue weighted by molar-refractivity contribution is -0.140. The lowest BCUT2D eigenvalue weighted by Crippen LogP contribution is -2.54. The SMILES string of the molecule is Cc1ccccc1CN(C(=O)CN(c1ccc(I)cc1)S(=O)(=O)c1ccccc1)[C@H](Cc1ccccc1)C(=O)NC1CCCC1. The summed E-state index contributed by atoms with van der Waals surface area (Å²) in [6, 6.07) is 31.8. The average Bonchev–Trinajstić information content (AvgIpc) is 3.56. The van der Waals surface area contributed by atoms with Gasteiger partial charge in [-0.2, -0.15) is 0 Å². The van der Waals surface area contributed by atoms with Crippen LogP contribution in [0.15, 0.2) is 114 Å². The van der Waals surface area contributed by atoms with Crippen LogP contribution in [0.5, 0.6) is 0 Å². The molecule has 1 atom stereocenters. The van der Waals surface area contributed by atoms with Crippen LogP contribution in [0, 0.1) is 10.5 Å². The van der Waals surface area contributed by atoms with Crippen molar-refractivity contribution in [2.45, 2.75) is 62.6 Å². The van der Waals surface area contributed by atoms with Crippen LogP contribution < -0.4 is 9.62 Å². The van der Waals surface area contributed by atoms with Gasteiger partial charge in [-0.15, -0.1) is 0 Å². The highest BCUT2D eigenvalue weighted by molar-refractivity contribution is 14.1. The highest BCUT2D eigenvalue weighted by Gasteiger charge is 2.35. The predicted molar refractivity (Wildman–Crippen MR) is 186 cm³/mol. The number of nitrogens with zero attached hydrogens (tertiary/aromatic N) is 2. The van der Waals surface area contributed by atoms with Crippen LogP contribution in [0.3, 0.4) is 0 Å². The van der Waals surface area contributed by atoms with E-state index in [1.54, 1.807) is 35.2 Å². The topological polar surface area (TPSA) is 86.8 Å². The number of halogens is 1. The number of carbonyl (C=O) groups excluding carboxylic acids is 2. The molecule has 1 aliphatic rings. The second-order valence-electron chi connectivity index (χ2n) is 11.4. The zero-order chi connectivity index (χ0) is 31.8. The van der Waals surface area contributed by atoms with E-state index >= 15 is 0 Å². The first kappa shape index (κ1) is 32.7. The average molecular weight is 736 g/mol. The normalized spacial score (nSPS) is 14.1. The molecule has 4 aromatic carbocycles. The maximum atomic E-state index is 14.6. The van der Waals surface area contributed by atoms with Gasteiger partial charge in [0.1, 0.15) is 12.6 Å². The number of benzene rings is 4. The molecule has 0 radical (unpaired) electrons. The summed E-state index contributed by atoms with van der Waals surface area (Å²) in [7, 11) is -4.12. The zero-order valence-corrected chi connectivity index (χ0v) is 28.3. The maximum absolute atomic E-state index is 14.6. The van der Waals surface area contributed by atoms with Gasteiger partial charge in [-0.25, -0.2) is 8.42 Å². The molecule has 0 bridgehead atoms. The molecular formula is C36H38IN3O4S. The zero-order valence-electron chi connectivity index (χ0n) is 25.3. The minimum atomic E-state index is -4.12. The molecule has 2 amide bonds. The van der Waals surface area contributed by atoms with Gasteiger partial charge in [0.05, 0.1) is 10.6 Å². The summed E-state index contributed by atoms with van der Waals surface area (Å²) >= 11 is 2.16. The van der Waals surface area contributed by atoms with Gasteiger partial charge >= 0.3 is 0 Å². The molecule has 0 aliphatic heterocycles. The van der Waals surface area contributed by atoms with Crippen molar-refractivity contribution in [2.24, 2.45) is 0 Å². The number of hydrogen-bond donors (Lipinski definition) is 1. The van der Waals surface area contributed by atoms with Gasteiger partial charge in [0.25, 0.3) is 10.0 Å². The van der Waals surface area contributed by atoms with E-state index in [4.69, 9.17) is 0 Å². The molecule has 7 nitrogen and oxygen atoms in total. The summed E-state index contributed by atoms with van der Waals surface area (Å²) < 4.78 is 30.3. The third-order valence-electron chi connectivity index (χ3n) is 8.30.